The zero-order chi connectivity index (χ0) is 16.3. The monoisotopic (exact) mass is 332 g/mol. The third-order valence-corrected chi connectivity index (χ3v) is 4.09. The Labute approximate surface area is 131 Å². The Balaban J connectivity index is 2.11. The van der Waals surface area contributed by atoms with E-state index in [9.17, 15) is 18.0 Å². The van der Waals surface area contributed by atoms with Crippen LogP contribution in [0.5, 0.6) is 5.75 Å². The lowest BCUT2D eigenvalue weighted by Crippen LogP contribution is -2.20. The first-order valence-corrected chi connectivity index (χ1v) is 7.33. The van der Waals surface area contributed by atoms with E-state index in [0.717, 1.165) is 11.1 Å². The number of benzene rings is 1. The summed E-state index contributed by atoms with van der Waals surface area (Å²) < 4.78 is 41.8. The van der Waals surface area contributed by atoms with Crippen molar-refractivity contribution in [1.82, 2.24) is 0 Å². The predicted octanol–water partition coefficient (Wildman–Crippen LogP) is 5.05. The SMILES string of the molecule is COc1ccc(C2=CC(=O)C(CCC(F)(F)F)CC2)c(Cl)c1. The molecule has 0 saturated heterocycles. The maximum absolute atomic E-state index is 12.2. The Morgan fingerprint density at radius 3 is 2.64 bits per heavy atom. The molecular weight excluding hydrogens is 317 g/mol. The smallest absolute Gasteiger partial charge is 0.389 e. The largest absolute Gasteiger partial charge is 0.497 e. The first-order chi connectivity index (χ1) is 10.3. The molecule has 0 saturated carbocycles. The molecule has 22 heavy (non-hydrogen) atoms. The zero-order valence-corrected chi connectivity index (χ0v) is 12.8. The maximum Gasteiger partial charge on any atom is 0.389 e. The maximum atomic E-state index is 12.2. The zero-order valence-electron chi connectivity index (χ0n) is 12.0. The highest BCUT2D eigenvalue weighted by atomic mass is 35.5. The summed E-state index contributed by atoms with van der Waals surface area (Å²) in [6, 6.07) is 5.15. The quantitative estimate of drug-likeness (QED) is 0.771. The van der Waals surface area contributed by atoms with Crippen LogP contribution in [0.15, 0.2) is 24.3 Å². The van der Waals surface area contributed by atoms with Crippen LogP contribution < -0.4 is 4.74 Å². The molecule has 120 valence electrons. The molecule has 0 aromatic heterocycles. The van der Waals surface area contributed by atoms with Gasteiger partial charge in [0.2, 0.25) is 0 Å². The van der Waals surface area contributed by atoms with Crippen molar-refractivity contribution in [1.29, 1.82) is 0 Å². The van der Waals surface area contributed by atoms with E-state index in [1.807, 2.05) is 0 Å². The number of carbonyl (C=O) groups is 1. The number of ketones is 1. The highest BCUT2D eigenvalue weighted by Gasteiger charge is 2.31. The van der Waals surface area contributed by atoms with Gasteiger partial charge in [-0.15, -0.1) is 0 Å². The van der Waals surface area contributed by atoms with E-state index in [-0.39, 0.29) is 12.2 Å². The first-order valence-electron chi connectivity index (χ1n) is 6.95. The van der Waals surface area contributed by atoms with E-state index >= 15 is 0 Å². The van der Waals surface area contributed by atoms with Crippen LogP contribution in [0.25, 0.3) is 5.57 Å². The topological polar surface area (TPSA) is 26.3 Å². The van der Waals surface area contributed by atoms with Gasteiger partial charge in [-0.05, 0) is 54.7 Å². The van der Waals surface area contributed by atoms with Crippen molar-refractivity contribution in [3.05, 3.63) is 34.9 Å². The van der Waals surface area contributed by atoms with Gasteiger partial charge in [-0.1, -0.05) is 11.6 Å². The van der Waals surface area contributed by atoms with Crippen molar-refractivity contribution in [2.45, 2.75) is 31.9 Å². The minimum absolute atomic E-state index is 0.150. The van der Waals surface area contributed by atoms with Crippen molar-refractivity contribution in [2.24, 2.45) is 5.92 Å². The number of hydrogen-bond acceptors (Lipinski definition) is 2. The third-order valence-electron chi connectivity index (χ3n) is 3.78. The van der Waals surface area contributed by atoms with Gasteiger partial charge >= 0.3 is 6.18 Å². The minimum atomic E-state index is -4.22. The normalized spacial score (nSPS) is 19.0. The third kappa shape index (κ3) is 4.26. The van der Waals surface area contributed by atoms with Crippen molar-refractivity contribution in [2.75, 3.05) is 7.11 Å². The lowest BCUT2D eigenvalue weighted by atomic mass is 9.83. The number of hydrogen-bond donors (Lipinski definition) is 0. The fourth-order valence-corrected chi connectivity index (χ4v) is 2.85. The van der Waals surface area contributed by atoms with Crippen LogP contribution in [0.1, 0.15) is 31.2 Å². The van der Waals surface area contributed by atoms with Gasteiger partial charge in [-0.2, -0.15) is 13.2 Å². The van der Waals surface area contributed by atoms with Gasteiger partial charge in [0.15, 0.2) is 5.78 Å². The molecule has 0 radical (unpaired) electrons. The van der Waals surface area contributed by atoms with Gasteiger partial charge in [0.25, 0.3) is 0 Å². The van der Waals surface area contributed by atoms with Crippen molar-refractivity contribution in [3.63, 3.8) is 0 Å². The molecule has 0 amide bonds. The second kappa shape index (κ2) is 6.73. The molecule has 1 aliphatic rings. The van der Waals surface area contributed by atoms with Gasteiger partial charge in [0, 0.05) is 12.3 Å². The molecule has 0 aliphatic heterocycles. The Hall–Kier alpha value is -1.49. The van der Waals surface area contributed by atoms with Crippen molar-refractivity contribution >= 4 is 23.0 Å². The number of methoxy groups -OCH3 is 1. The first kappa shape index (κ1) is 16.9. The molecule has 1 aromatic carbocycles. The minimum Gasteiger partial charge on any atom is -0.497 e. The van der Waals surface area contributed by atoms with Crippen molar-refractivity contribution in [3.8, 4) is 5.75 Å². The van der Waals surface area contributed by atoms with Crippen LogP contribution in [0, 0.1) is 5.92 Å². The van der Waals surface area contributed by atoms with Crippen LogP contribution in [0.3, 0.4) is 0 Å². The van der Waals surface area contributed by atoms with Gasteiger partial charge in [-0.25, -0.2) is 0 Å². The summed E-state index contributed by atoms with van der Waals surface area (Å²) in [5.41, 5.74) is 1.49. The summed E-state index contributed by atoms with van der Waals surface area (Å²) in [5.74, 6) is -0.195. The van der Waals surface area contributed by atoms with Crippen LogP contribution >= 0.6 is 11.6 Å². The van der Waals surface area contributed by atoms with E-state index < -0.39 is 18.5 Å². The molecule has 2 rings (SSSR count). The number of rotatable bonds is 4. The highest BCUT2D eigenvalue weighted by molar-refractivity contribution is 6.32. The van der Waals surface area contributed by atoms with Gasteiger partial charge < -0.3 is 4.74 Å². The number of halogens is 4. The number of carbonyl (C=O) groups excluding carboxylic acids is 1. The van der Waals surface area contributed by atoms with Gasteiger partial charge in [0.1, 0.15) is 5.75 Å². The van der Waals surface area contributed by atoms with Crippen LogP contribution in [0.2, 0.25) is 5.02 Å². The average molecular weight is 333 g/mol. The molecule has 1 aliphatic carbocycles. The Morgan fingerprint density at radius 2 is 2.09 bits per heavy atom. The molecular formula is C16H16ClF3O2. The number of ether oxygens (including phenoxy) is 1. The number of allylic oxidation sites excluding steroid dienone is 2. The summed E-state index contributed by atoms with van der Waals surface area (Å²) in [5, 5.41) is 0.465. The summed E-state index contributed by atoms with van der Waals surface area (Å²) in [6.45, 7) is 0. The Morgan fingerprint density at radius 1 is 1.36 bits per heavy atom. The molecule has 0 heterocycles. The van der Waals surface area contributed by atoms with Crippen LogP contribution in [-0.4, -0.2) is 19.1 Å². The second-order valence-electron chi connectivity index (χ2n) is 5.31. The summed E-state index contributed by atoms with van der Waals surface area (Å²) in [7, 11) is 1.53. The lowest BCUT2D eigenvalue weighted by Gasteiger charge is -2.22. The highest BCUT2D eigenvalue weighted by Crippen LogP contribution is 2.36. The second-order valence-corrected chi connectivity index (χ2v) is 5.71. The Kier molecular flexibility index (Phi) is 5.16. The summed E-state index contributed by atoms with van der Waals surface area (Å²) in [6.07, 6.45) is -2.90. The summed E-state index contributed by atoms with van der Waals surface area (Å²) >= 11 is 6.17. The molecule has 1 aromatic rings. The molecule has 1 unspecified atom stereocenters. The molecule has 0 N–H and O–H groups in total. The van der Waals surface area contributed by atoms with Crippen LogP contribution in [0.4, 0.5) is 13.2 Å². The van der Waals surface area contributed by atoms with E-state index in [4.69, 9.17) is 16.3 Å². The molecule has 0 spiro atoms. The fraction of sp³-hybridized carbons (Fsp3) is 0.438. The number of alkyl halides is 3. The Bertz CT molecular complexity index is 594. The van der Waals surface area contributed by atoms with Gasteiger partial charge in [0.05, 0.1) is 12.1 Å². The van der Waals surface area contributed by atoms with Crippen LogP contribution in [-0.2, 0) is 4.79 Å². The molecule has 2 nitrogen and oxygen atoms in total. The van der Waals surface area contributed by atoms with Crippen molar-refractivity contribution < 1.29 is 22.7 Å². The van der Waals surface area contributed by atoms with E-state index in [1.54, 1.807) is 18.2 Å². The average Bonchev–Trinajstić information content (AvgIpc) is 2.44. The molecule has 1 atom stereocenters. The molecule has 6 heteroatoms. The van der Waals surface area contributed by atoms with E-state index in [0.29, 0.717) is 23.6 Å². The predicted molar refractivity (Wildman–Crippen MR) is 79.0 cm³/mol. The summed E-state index contributed by atoms with van der Waals surface area (Å²) in [4.78, 5) is 12.0. The lowest BCUT2D eigenvalue weighted by molar-refractivity contribution is -0.139. The standard InChI is InChI=1S/C16H16ClF3O2/c1-22-12-4-5-13(14(17)9-12)11-3-2-10(15(21)8-11)6-7-16(18,19)20/h4-5,8-10H,2-3,6-7H2,1H3. The molecule has 0 fully saturated rings. The fourth-order valence-electron chi connectivity index (χ4n) is 2.55. The van der Waals surface area contributed by atoms with Gasteiger partial charge in [-0.3, -0.25) is 4.79 Å². The molecule has 0 bridgehead atoms. The van der Waals surface area contributed by atoms with E-state index in [1.165, 1.54) is 13.2 Å². The van der Waals surface area contributed by atoms with E-state index in [2.05, 4.69) is 0 Å².